The SMILES string of the molecule is CCOC(=O)c1c(NC(=S)NCCCOC)sc(C)c1C. The van der Waals surface area contributed by atoms with Gasteiger partial charge >= 0.3 is 5.97 Å². The van der Waals surface area contributed by atoms with Crippen molar-refractivity contribution in [1.29, 1.82) is 0 Å². The fraction of sp³-hybridized carbons (Fsp3) is 0.571. The van der Waals surface area contributed by atoms with Gasteiger partial charge in [-0.1, -0.05) is 0 Å². The third-order valence-corrected chi connectivity index (χ3v) is 4.27. The summed E-state index contributed by atoms with van der Waals surface area (Å²) in [4.78, 5) is 13.1. The number of methoxy groups -OCH3 is 1. The Bertz CT molecular complexity index is 501. The van der Waals surface area contributed by atoms with E-state index in [0.29, 0.717) is 23.9 Å². The minimum absolute atomic E-state index is 0.316. The Labute approximate surface area is 135 Å². The topological polar surface area (TPSA) is 59.6 Å². The third-order valence-electron chi connectivity index (χ3n) is 2.90. The van der Waals surface area contributed by atoms with Gasteiger partial charge in [-0.2, -0.15) is 0 Å². The molecule has 21 heavy (non-hydrogen) atoms. The van der Waals surface area contributed by atoms with Crippen molar-refractivity contribution in [2.45, 2.75) is 27.2 Å². The molecule has 0 atom stereocenters. The van der Waals surface area contributed by atoms with E-state index >= 15 is 0 Å². The maximum absolute atomic E-state index is 12.0. The van der Waals surface area contributed by atoms with Crippen LogP contribution in [0.5, 0.6) is 0 Å². The molecule has 1 aromatic rings. The van der Waals surface area contributed by atoms with Gasteiger partial charge in [-0.3, -0.25) is 0 Å². The monoisotopic (exact) mass is 330 g/mol. The number of aryl methyl sites for hydroxylation is 1. The third kappa shape index (κ3) is 5.26. The van der Waals surface area contributed by atoms with Crippen LogP contribution in [0.2, 0.25) is 0 Å². The molecule has 1 aromatic heterocycles. The number of carbonyl (C=O) groups excluding carboxylic acids is 1. The molecule has 1 heterocycles. The second-order valence-electron chi connectivity index (χ2n) is 4.44. The predicted molar refractivity (Wildman–Crippen MR) is 90.5 cm³/mol. The first-order valence-electron chi connectivity index (χ1n) is 6.82. The highest BCUT2D eigenvalue weighted by molar-refractivity contribution is 7.80. The van der Waals surface area contributed by atoms with Crippen molar-refractivity contribution < 1.29 is 14.3 Å². The van der Waals surface area contributed by atoms with E-state index in [1.54, 1.807) is 14.0 Å². The van der Waals surface area contributed by atoms with E-state index in [-0.39, 0.29) is 5.97 Å². The van der Waals surface area contributed by atoms with Gasteiger partial charge in [0.25, 0.3) is 0 Å². The highest BCUT2D eigenvalue weighted by Gasteiger charge is 2.21. The lowest BCUT2D eigenvalue weighted by Crippen LogP contribution is -2.30. The summed E-state index contributed by atoms with van der Waals surface area (Å²) in [5.41, 5.74) is 1.50. The highest BCUT2D eigenvalue weighted by Crippen LogP contribution is 2.32. The molecule has 0 saturated carbocycles. The number of anilines is 1. The van der Waals surface area contributed by atoms with E-state index in [1.165, 1.54) is 11.3 Å². The first kappa shape index (κ1) is 17.9. The van der Waals surface area contributed by atoms with Crippen molar-refractivity contribution in [2.24, 2.45) is 0 Å². The number of nitrogens with one attached hydrogen (secondary N) is 2. The van der Waals surface area contributed by atoms with Crippen LogP contribution in [0.3, 0.4) is 0 Å². The number of ether oxygens (including phenoxy) is 2. The molecule has 2 N–H and O–H groups in total. The summed E-state index contributed by atoms with van der Waals surface area (Å²) in [7, 11) is 1.67. The van der Waals surface area contributed by atoms with Gasteiger partial charge in [0.2, 0.25) is 0 Å². The van der Waals surface area contributed by atoms with Crippen molar-refractivity contribution >= 4 is 39.6 Å². The lowest BCUT2D eigenvalue weighted by atomic mass is 10.1. The molecule has 7 heteroatoms. The molecule has 0 fully saturated rings. The van der Waals surface area contributed by atoms with Gasteiger partial charge in [-0.15, -0.1) is 11.3 Å². The predicted octanol–water partition coefficient (Wildman–Crippen LogP) is 2.86. The number of rotatable bonds is 7. The Morgan fingerprint density at radius 2 is 2.10 bits per heavy atom. The lowest BCUT2D eigenvalue weighted by molar-refractivity contribution is 0.0527. The Morgan fingerprint density at radius 1 is 1.38 bits per heavy atom. The molecule has 0 spiro atoms. The maximum atomic E-state index is 12.0. The smallest absolute Gasteiger partial charge is 0.341 e. The Balaban J connectivity index is 2.72. The van der Waals surface area contributed by atoms with E-state index in [2.05, 4.69) is 10.6 Å². The second-order valence-corrected chi connectivity index (χ2v) is 6.07. The Hall–Kier alpha value is -1.18. The van der Waals surface area contributed by atoms with Gasteiger partial charge in [-0.25, -0.2) is 4.79 Å². The summed E-state index contributed by atoms with van der Waals surface area (Å²) < 4.78 is 10.1. The molecular formula is C14H22N2O3S2. The number of thiocarbonyl (C=S) groups is 1. The summed E-state index contributed by atoms with van der Waals surface area (Å²) in [5, 5.41) is 7.40. The quantitative estimate of drug-likeness (QED) is 0.455. The van der Waals surface area contributed by atoms with Gasteiger partial charge in [-0.05, 0) is 45.0 Å². The van der Waals surface area contributed by atoms with Crippen molar-refractivity contribution in [2.75, 3.05) is 32.2 Å². The Morgan fingerprint density at radius 3 is 2.71 bits per heavy atom. The van der Waals surface area contributed by atoms with Crippen LogP contribution in [0, 0.1) is 13.8 Å². The molecule has 0 aliphatic rings. The van der Waals surface area contributed by atoms with Gasteiger partial charge in [0, 0.05) is 25.1 Å². The second kappa shape index (κ2) is 8.96. The van der Waals surface area contributed by atoms with Crippen LogP contribution in [-0.2, 0) is 9.47 Å². The highest BCUT2D eigenvalue weighted by atomic mass is 32.1. The average molecular weight is 330 g/mol. The molecule has 0 aliphatic carbocycles. The summed E-state index contributed by atoms with van der Waals surface area (Å²) in [6.45, 7) is 7.44. The van der Waals surface area contributed by atoms with Crippen LogP contribution < -0.4 is 10.6 Å². The average Bonchev–Trinajstić information content (AvgIpc) is 2.70. The van der Waals surface area contributed by atoms with Crippen LogP contribution in [-0.4, -0.2) is 38.0 Å². The van der Waals surface area contributed by atoms with Crippen molar-refractivity contribution in [1.82, 2.24) is 5.32 Å². The molecule has 0 saturated heterocycles. The summed E-state index contributed by atoms with van der Waals surface area (Å²) in [6.07, 6.45) is 0.867. The zero-order valence-corrected chi connectivity index (χ0v) is 14.5. The molecule has 118 valence electrons. The minimum Gasteiger partial charge on any atom is -0.462 e. The zero-order valence-electron chi connectivity index (χ0n) is 12.9. The molecule has 0 amide bonds. The Kier molecular flexibility index (Phi) is 7.63. The molecule has 0 unspecified atom stereocenters. The van der Waals surface area contributed by atoms with Crippen LogP contribution in [0.25, 0.3) is 0 Å². The lowest BCUT2D eigenvalue weighted by Gasteiger charge is -2.10. The zero-order chi connectivity index (χ0) is 15.8. The van der Waals surface area contributed by atoms with Crippen LogP contribution >= 0.6 is 23.6 Å². The fourth-order valence-corrected chi connectivity index (χ4v) is 3.05. The van der Waals surface area contributed by atoms with Crippen LogP contribution in [0.1, 0.15) is 34.1 Å². The molecule has 0 aromatic carbocycles. The minimum atomic E-state index is -0.316. The summed E-state index contributed by atoms with van der Waals surface area (Å²) in [6, 6.07) is 0. The van der Waals surface area contributed by atoms with E-state index in [0.717, 1.165) is 28.4 Å². The first-order valence-corrected chi connectivity index (χ1v) is 8.04. The fourth-order valence-electron chi connectivity index (χ4n) is 1.73. The number of thiophene rings is 1. The van der Waals surface area contributed by atoms with E-state index in [4.69, 9.17) is 21.7 Å². The van der Waals surface area contributed by atoms with Crippen molar-refractivity contribution in [3.05, 3.63) is 16.0 Å². The number of carbonyl (C=O) groups is 1. The van der Waals surface area contributed by atoms with Crippen molar-refractivity contribution in [3.63, 3.8) is 0 Å². The van der Waals surface area contributed by atoms with E-state index in [9.17, 15) is 4.79 Å². The van der Waals surface area contributed by atoms with Gasteiger partial charge < -0.3 is 20.1 Å². The van der Waals surface area contributed by atoms with Gasteiger partial charge in [0.05, 0.1) is 12.2 Å². The number of esters is 1. The van der Waals surface area contributed by atoms with E-state index in [1.807, 2.05) is 13.8 Å². The molecule has 0 aliphatic heterocycles. The first-order chi connectivity index (χ1) is 10.0. The van der Waals surface area contributed by atoms with Crippen LogP contribution in [0.4, 0.5) is 5.00 Å². The van der Waals surface area contributed by atoms with Crippen molar-refractivity contribution in [3.8, 4) is 0 Å². The molecule has 0 bridgehead atoms. The summed E-state index contributed by atoms with van der Waals surface area (Å²) >= 11 is 6.74. The van der Waals surface area contributed by atoms with Crippen LogP contribution in [0.15, 0.2) is 0 Å². The standard InChI is InChI=1S/C14H22N2O3S2/c1-5-19-13(17)11-9(2)10(3)21-12(11)16-14(20)15-7-6-8-18-4/h5-8H2,1-4H3,(H2,15,16,20). The molecule has 0 radical (unpaired) electrons. The summed E-state index contributed by atoms with van der Waals surface area (Å²) in [5.74, 6) is -0.316. The molecule has 1 rings (SSSR count). The molecular weight excluding hydrogens is 308 g/mol. The molecule has 5 nitrogen and oxygen atoms in total. The normalized spacial score (nSPS) is 10.3. The van der Waals surface area contributed by atoms with Gasteiger partial charge in [0.15, 0.2) is 5.11 Å². The maximum Gasteiger partial charge on any atom is 0.341 e. The number of hydrogen-bond donors (Lipinski definition) is 2. The number of hydrogen-bond acceptors (Lipinski definition) is 5. The van der Waals surface area contributed by atoms with E-state index < -0.39 is 0 Å². The largest absolute Gasteiger partial charge is 0.462 e. The van der Waals surface area contributed by atoms with Gasteiger partial charge in [0.1, 0.15) is 5.00 Å².